The number of carboxylic acid groups (broad SMARTS) is 1. The number of carbonyl (C=O) groups is 1. The highest BCUT2D eigenvalue weighted by molar-refractivity contribution is 5.82. The topological polar surface area (TPSA) is 72.5 Å². The summed E-state index contributed by atoms with van der Waals surface area (Å²) in [5.74, 6) is -0.874. The van der Waals surface area contributed by atoms with Gasteiger partial charge in [0.1, 0.15) is 5.41 Å². The fourth-order valence-corrected chi connectivity index (χ4v) is 2.38. The Kier molecular flexibility index (Phi) is 5.31. The highest BCUT2D eigenvalue weighted by Gasteiger charge is 2.41. The van der Waals surface area contributed by atoms with E-state index in [4.69, 9.17) is 10.5 Å². The van der Waals surface area contributed by atoms with Gasteiger partial charge >= 0.3 is 5.97 Å². The van der Waals surface area contributed by atoms with Gasteiger partial charge in [0.25, 0.3) is 0 Å². The molecular formula is C16H25NO3. The lowest BCUT2D eigenvalue weighted by Gasteiger charge is -2.33. The summed E-state index contributed by atoms with van der Waals surface area (Å²) in [6, 6.07) is 7.54. The molecule has 1 aromatic rings. The molecule has 0 radical (unpaired) electrons. The zero-order chi connectivity index (χ0) is 15.4. The molecule has 0 spiro atoms. The first-order valence-electron chi connectivity index (χ1n) is 6.84. The summed E-state index contributed by atoms with van der Waals surface area (Å²) in [7, 11) is 1.64. The minimum atomic E-state index is -1.05. The van der Waals surface area contributed by atoms with Crippen LogP contribution in [0.25, 0.3) is 0 Å². The smallest absolute Gasteiger partial charge is 0.315 e. The molecule has 0 aliphatic heterocycles. The van der Waals surface area contributed by atoms with E-state index in [0.717, 1.165) is 11.1 Å². The zero-order valence-corrected chi connectivity index (χ0v) is 12.8. The van der Waals surface area contributed by atoms with Gasteiger partial charge in [0.2, 0.25) is 0 Å². The number of hydrogen-bond acceptors (Lipinski definition) is 3. The first-order valence-corrected chi connectivity index (χ1v) is 6.84. The molecule has 0 heterocycles. The van der Waals surface area contributed by atoms with Crippen LogP contribution in [0, 0.1) is 6.92 Å². The molecule has 0 saturated heterocycles. The van der Waals surface area contributed by atoms with Crippen LogP contribution in [0.5, 0.6) is 0 Å². The monoisotopic (exact) mass is 279 g/mol. The Morgan fingerprint density at radius 3 is 2.35 bits per heavy atom. The number of methoxy groups -OCH3 is 1. The Bertz CT molecular complexity index is 471. The lowest BCUT2D eigenvalue weighted by molar-refractivity contribution is -0.144. The number of hydrogen-bond donors (Lipinski definition) is 2. The van der Waals surface area contributed by atoms with Crippen molar-refractivity contribution in [3.05, 3.63) is 35.4 Å². The Morgan fingerprint density at radius 1 is 1.30 bits per heavy atom. The molecule has 0 bridgehead atoms. The van der Waals surface area contributed by atoms with Gasteiger partial charge in [-0.15, -0.1) is 0 Å². The van der Waals surface area contributed by atoms with E-state index in [-0.39, 0.29) is 12.1 Å². The van der Waals surface area contributed by atoms with Crippen LogP contribution in [0.3, 0.4) is 0 Å². The quantitative estimate of drug-likeness (QED) is 0.804. The number of rotatable bonds is 7. The number of nitrogens with two attached hydrogens (primary N) is 1. The third-order valence-electron chi connectivity index (χ3n) is 4.12. The summed E-state index contributed by atoms with van der Waals surface area (Å²) >= 11 is 0. The van der Waals surface area contributed by atoms with Crippen molar-refractivity contribution in [2.45, 2.75) is 44.6 Å². The molecule has 0 aliphatic carbocycles. The summed E-state index contributed by atoms with van der Waals surface area (Å²) in [5, 5.41) is 9.75. The number of ether oxygens (including phenoxy) is 1. The molecule has 3 N–H and O–H groups in total. The maximum absolute atomic E-state index is 11.9. The highest BCUT2D eigenvalue weighted by atomic mass is 16.5. The van der Waals surface area contributed by atoms with E-state index in [2.05, 4.69) is 0 Å². The van der Waals surface area contributed by atoms with Gasteiger partial charge in [-0.1, -0.05) is 24.3 Å². The van der Waals surface area contributed by atoms with E-state index in [1.807, 2.05) is 45.0 Å². The van der Waals surface area contributed by atoms with Crippen molar-refractivity contribution < 1.29 is 14.6 Å². The third-order valence-corrected chi connectivity index (χ3v) is 4.12. The molecule has 1 atom stereocenters. The lowest BCUT2D eigenvalue weighted by Crippen LogP contribution is -2.45. The summed E-state index contributed by atoms with van der Waals surface area (Å²) in [5.41, 5.74) is 6.19. The first kappa shape index (κ1) is 16.7. The second kappa shape index (κ2) is 6.37. The largest absolute Gasteiger partial charge is 0.481 e. The van der Waals surface area contributed by atoms with Crippen molar-refractivity contribution in [3.63, 3.8) is 0 Å². The van der Waals surface area contributed by atoms with Crippen molar-refractivity contribution in [2.24, 2.45) is 5.73 Å². The van der Waals surface area contributed by atoms with Crippen LogP contribution >= 0.6 is 0 Å². The Labute approximate surface area is 120 Å². The molecule has 4 heteroatoms. The Balaban J connectivity index is 3.17. The maximum atomic E-state index is 11.9. The summed E-state index contributed by atoms with van der Waals surface area (Å²) in [6.45, 7) is 5.90. The molecule has 1 aromatic carbocycles. The predicted octanol–water partition coefficient (Wildman–Crippen LogP) is 2.48. The third kappa shape index (κ3) is 3.38. The van der Waals surface area contributed by atoms with Crippen LogP contribution < -0.4 is 5.73 Å². The number of aryl methyl sites for hydroxylation is 1. The van der Waals surface area contributed by atoms with Gasteiger partial charge in [0, 0.05) is 13.7 Å². The lowest BCUT2D eigenvalue weighted by atomic mass is 9.73. The van der Waals surface area contributed by atoms with E-state index < -0.39 is 11.4 Å². The van der Waals surface area contributed by atoms with Crippen molar-refractivity contribution in [1.29, 1.82) is 0 Å². The van der Waals surface area contributed by atoms with E-state index in [1.165, 1.54) is 0 Å². The zero-order valence-electron chi connectivity index (χ0n) is 12.8. The van der Waals surface area contributed by atoms with Crippen LogP contribution in [-0.2, 0) is 14.9 Å². The maximum Gasteiger partial charge on any atom is 0.315 e. The van der Waals surface area contributed by atoms with Gasteiger partial charge in [0.15, 0.2) is 0 Å². The molecule has 0 saturated carbocycles. The van der Waals surface area contributed by atoms with Gasteiger partial charge in [0.05, 0.1) is 5.60 Å². The van der Waals surface area contributed by atoms with Crippen LogP contribution in [0.1, 0.15) is 37.8 Å². The number of benzene rings is 1. The molecule has 1 rings (SSSR count). The van der Waals surface area contributed by atoms with Crippen molar-refractivity contribution >= 4 is 5.97 Å². The number of carboxylic acids is 1. The standard InChI is InChI=1S/C16H25NO3/c1-12-7-5-6-8-13(12)16(11-17,14(18)19)10-9-15(2,3)20-4/h5-8H,9-11,17H2,1-4H3,(H,18,19). The molecule has 20 heavy (non-hydrogen) atoms. The minimum absolute atomic E-state index is 0.0764. The normalized spacial score (nSPS) is 14.8. The van der Waals surface area contributed by atoms with Gasteiger partial charge in [-0.2, -0.15) is 0 Å². The second-order valence-corrected chi connectivity index (χ2v) is 5.87. The SMILES string of the molecule is COC(C)(C)CCC(CN)(C(=O)O)c1ccccc1C. The van der Waals surface area contributed by atoms with Gasteiger partial charge in [-0.25, -0.2) is 0 Å². The fourth-order valence-electron chi connectivity index (χ4n) is 2.38. The van der Waals surface area contributed by atoms with Crippen LogP contribution in [0.2, 0.25) is 0 Å². The number of aliphatic carboxylic acids is 1. The van der Waals surface area contributed by atoms with Crippen LogP contribution in [-0.4, -0.2) is 30.3 Å². The molecule has 4 nitrogen and oxygen atoms in total. The van der Waals surface area contributed by atoms with E-state index >= 15 is 0 Å². The van der Waals surface area contributed by atoms with Gasteiger partial charge < -0.3 is 15.6 Å². The first-order chi connectivity index (χ1) is 9.29. The van der Waals surface area contributed by atoms with Crippen molar-refractivity contribution in [3.8, 4) is 0 Å². The average molecular weight is 279 g/mol. The molecule has 0 amide bonds. The van der Waals surface area contributed by atoms with Gasteiger partial charge in [-0.05, 0) is 44.7 Å². The molecule has 0 aliphatic rings. The van der Waals surface area contributed by atoms with Crippen molar-refractivity contribution in [2.75, 3.05) is 13.7 Å². The molecule has 1 unspecified atom stereocenters. The fraction of sp³-hybridized carbons (Fsp3) is 0.562. The van der Waals surface area contributed by atoms with E-state index in [9.17, 15) is 9.90 Å². The molecular weight excluding hydrogens is 254 g/mol. The summed E-state index contributed by atoms with van der Waals surface area (Å²) in [4.78, 5) is 11.9. The summed E-state index contributed by atoms with van der Waals surface area (Å²) in [6.07, 6.45) is 1.08. The van der Waals surface area contributed by atoms with Crippen LogP contribution in [0.4, 0.5) is 0 Å². The van der Waals surface area contributed by atoms with Gasteiger partial charge in [-0.3, -0.25) is 4.79 Å². The molecule has 0 fully saturated rings. The molecule has 112 valence electrons. The Hall–Kier alpha value is -1.39. The highest BCUT2D eigenvalue weighted by Crippen LogP contribution is 2.34. The second-order valence-electron chi connectivity index (χ2n) is 5.87. The predicted molar refractivity (Wildman–Crippen MR) is 79.9 cm³/mol. The minimum Gasteiger partial charge on any atom is -0.481 e. The average Bonchev–Trinajstić information content (AvgIpc) is 2.41. The van der Waals surface area contributed by atoms with Crippen LogP contribution in [0.15, 0.2) is 24.3 Å². The van der Waals surface area contributed by atoms with E-state index in [0.29, 0.717) is 12.8 Å². The molecule has 0 aromatic heterocycles. The van der Waals surface area contributed by atoms with E-state index in [1.54, 1.807) is 7.11 Å². The summed E-state index contributed by atoms with van der Waals surface area (Å²) < 4.78 is 5.39. The van der Waals surface area contributed by atoms with Crippen molar-refractivity contribution in [1.82, 2.24) is 0 Å². The Morgan fingerprint density at radius 2 is 1.90 bits per heavy atom.